The van der Waals surface area contributed by atoms with Gasteiger partial charge in [-0.1, -0.05) is 54.1 Å². The van der Waals surface area contributed by atoms with Gasteiger partial charge < -0.3 is 4.90 Å². The van der Waals surface area contributed by atoms with Gasteiger partial charge in [0.2, 0.25) is 5.91 Å². The largest absolute Gasteiger partial charge is 0.304 e. The maximum absolute atomic E-state index is 14.1. The normalized spacial score (nSPS) is 21.2. The molecule has 0 aliphatic carbocycles. The highest BCUT2D eigenvalue weighted by Crippen LogP contribution is 2.52. The van der Waals surface area contributed by atoms with Crippen LogP contribution in [0.25, 0.3) is 0 Å². The second-order valence-corrected chi connectivity index (χ2v) is 10.9. The smallest absolute Gasteiger partial charge is 0.274 e. The molecule has 0 aromatic heterocycles. The van der Waals surface area contributed by atoms with Crippen molar-refractivity contribution in [1.29, 1.82) is 0 Å². The fraction of sp³-hybridized carbons (Fsp3) is 0.231. The van der Waals surface area contributed by atoms with Crippen LogP contribution in [0.4, 0.5) is 11.4 Å². The van der Waals surface area contributed by atoms with E-state index in [9.17, 15) is 18.0 Å². The van der Waals surface area contributed by atoms with Gasteiger partial charge in [-0.25, -0.2) is 8.42 Å². The predicted octanol–water partition coefficient (Wildman–Crippen LogP) is 3.77. The molecule has 0 bridgehead atoms. The molecule has 1 fully saturated rings. The van der Waals surface area contributed by atoms with Crippen molar-refractivity contribution in [3.8, 4) is 0 Å². The number of para-hydroxylation sites is 1. The topological polar surface area (TPSA) is 74.8 Å². The van der Waals surface area contributed by atoms with Gasteiger partial charge in [0.15, 0.2) is 9.84 Å². The Balaban J connectivity index is 1.73. The number of rotatable bonds is 3. The van der Waals surface area contributed by atoms with Gasteiger partial charge in [-0.15, -0.1) is 0 Å². The number of carbonyl (C=O) groups is 2. The quantitative estimate of drug-likeness (QED) is 0.596. The van der Waals surface area contributed by atoms with E-state index in [2.05, 4.69) is 0 Å². The van der Waals surface area contributed by atoms with Crippen LogP contribution < -0.4 is 9.80 Å². The summed E-state index contributed by atoms with van der Waals surface area (Å²) in [6.45, 7) is 6.03. The SMILES string of the molecule is Cc1ccc(CN2C(=O)[C@@]3(c4ccccc42)N(c2ccc(C)c(C)c2)C(=O)CS3(=O)=O)cc1. The van der Waals surface area contributed by atoms with E-state index >= 15 is 0 Å². The van der Waals surface area contributed by atoms with Gasteiger partial charge in [-0.05, 0) is 55.7 Å². The lowest BCUT2D eigenvalue weighted by Gasteiger charge is -2.33. The van der Waals surface area contributed by atoms with Gasteiger partial charge in [-0.3, -0.25) is 14.5 Å². The summed E-state index contributed by atoms with van der Waals surface area (Å²) >= 11 is 0. The maximum Gasteiger partial charge on any atom is 0.274 e. The first-order valence-corrected chi connectivity index (χ1v) is 12.4. The molecule has 0 N–H and O–H groups in total. The molecule has 7 heteroatoms. The molecule has 0 unspecified atom stereocenters. The van der Waals surface area contributed by atoms with Gasteiger partial charge >= 0.3 is 0 Å². The Hall–Kier alpha value is -3.45. The molecule has 33 heavy (non-hydrogen) atoms. The molecule has 2 aliphatic rings. The van der Waals surface area contributed by atoms with Crippen LogP contribution in [0.15, 0.2) is 66.7 Å². The zero-order valence-corrected chi connectivity index (χ0v) is 19.5. The molecule has 1 atom stereocenters. The number of nitrogens with zero attached hydrogens (tertiary/aromatic N) is 2. The molecule has 5 rings (SSSR count). The number of aryl methyl sites for hydroxylation is 3. The Labute approximate surface area is 193 Å². The van der Waals surface area contributed by atoms with Crippen molar-refractivity contribution in [2.24, 2.45) is 0 Å². The summed E-state index contributed by atoms with van der Waals surface area (Å²) in [6.07, 6.45) is 0. The van der Waals surface area contributed by atoms with Crippen LogP contribution in [-0.4, -0.2) is 26.0 Å². The number of amides is 2. The third-order valence-corrected chi connectivity index (χ3v) is 8.74. The average molecular weight is 461 g/mol. The lowest BCUT2D eigenvalue weighted by atomic mass is 10.0. The Bertz CT molecular complexity index is 1410. The maximum atomic E-state index is 14.1. The molecule has 6 nitrogen and oxygen atoms in total. The fourth-order valence-electron chi connectivity index (χ4n) is 4.79. The van der Waals surface area contributed by atoms with Crippen LogP contribution in [0.3, 0.4) is 0 Å². The van der Waals surface area contributed by atoms with Crippen molar-refractivity contribution in [3.05, 3.63) is 94.5 Å². The Kier molecular flexibility index (Phi) is 4.72. The second kappa shape index (κ2) is 7.28. The molecule has 2 aliphatic heterocycles. The Morgan fingerprint density at radius 1 is 0.879 bits per heavy atom. The Morgan fingerprint density at radius 2 is 1.58 bits per heavy atom. The third kappa shape index (κ3) is 2.95. The highest BCUT2D eigenvalue weighted by atomic mass is 32.2. The standard InChI is InChI=1S/C26H24N2O4S/c1-17-8-11-20(12-9-17)15-27-23-7-5-4-6-22(23)26(25(27)30)28(24(29)16-33(26,31)32)21-13-10-18(2)19(3)14-21/h4-14H,15-16H2,1-3H3/t26-/m0/s1. The number of carbonyl (C=O) groups excluding carboxylic acids is 2. The number of hydrogen-bond acceptors (Lipinski definition) is 4. The number of fused-ring (bicyclic) bond motifs is 2. The minimum Gasteiger partial charge on any atom is -0.304 e. The van der Waals surface area contributed by atoms with Crippen LogP contribution in [0.2, 0.25) is 0 Å². The molecular weight excluding hydrogens is 436 g/mol. The first-order valence-electron chi connectivity index (χ1n) is 10.8. The summed E-state index contributed by atoms with van der Waals surface area (Å²) in [5, 5.41) is 0. The van der Waals surface area contributed by atoms with Crippen molar-refractivity contribution in [3.63, 3.8) is 0 Å². The van der Waals surface area contributed by atoms with E-state index in [1.807, 2.05) is 51.1 Å². The Morgan fingerprint density at radius 3 is 2.27 bits per heavy atom. The number of benzene rings is 3. The van der Waals surface area contributed by atoms with Gasteiger partial charge in [-0.2, -0.15) is 0 Å². The molecule has 2 heterocycles. The summed E-state index contributed by atoms with van der Waals surface area (Å²) in [5.41, 5.74) is 5.14. The summed E-state index contributed by atoms with van der Waals surface area (Å²) in [7, 11) is -4.17. The second-order valence-electron chi connectivity index (χ2n) is 8.79. The van der Waals surface area contributed by atoms with Crippen molar-refractivity contribution in [2.45, 2.75) is 32.2 Å². The van der Waals surface area contributed by atoms with Gasteiger partial charge in [0.1, 0.15) is 5.75 Å². The van der Waals surface area contributed by atoms with E-state index in [1.54, 1.807) is 36.4 Å². The summed E-state index contributed by atoms with van der Waals surface area (Å²) in [4.78, 5) is 27.9. The minimum atomic E-state index is -4.17. The molecule has 168 valence electrons. The van der Waals surface area contributed by atoms with Gasteiger partial charge in [0.25, 0.3) is 10.8 Å². The van der Waals surface area contributed by atoms with Crippen LogP contribution in [0.5, 0.6) is 0 Å². The molecular formula is C26H24N2O4S. The molecule has 1 saturated heterocycles. The average Bonchev–Trinajstić information content (AvgIpc) is 3.14. The number of anilines is 2. The summed E-state index contributed by atoms with van der Waals surface area (Å²) < 4.78 is 27.3. The monoisotopic (exact) mass is 460 g/mol. The number of hydrogen-bond donors (Lipinski definition) is 0. The van der Waals surface area contributed by atoms with Crippen LogP contribution in [-0.2, 0) is 30.8 Å². The van der Waals surface area contributed by atoms with Crippen molar-refractivity contribution in [1.82, 2.24) is 0 Å². The highest BCUT2D eigenvalue weighted by Gasteiger charge is 2.69. The van der Waals surface area contributed by atoms with E-state index in [-0.39, 0.29) is 6.54 Å². The zero-order valence-electron chi connectivity index (χ0n) is 18.7. The summed E-state index contributed by atoms with van der Waals surface area (Å²) in [6, 6.07) is 19.9. The van der Waals surface area contributed by atoms with Crippen LogP contribution in [0, 0.1) is 20.8 Å². The fourth-order valence-corrected chi connectivity index (χ4v) is 6.82. The van der Waals surface area contributed by atoms with Gasteiger partial charge in [0.05, 0.1) is 12.2 Å². The lowest BCUT2D eigenvalue weighted by molar-refractivity contribution is -0.123. The van der Waals surface area contributed by atoms with Crippen molar-refractivity contribution < 1.29 is 18.0 Å². The van der Waals surface area contributed by atoms with Crippen LogP contribution in [0.1, 0.15) is 27.8 Å². The van der Waals surface area contributed by atoms with Crippen molar-refractivity contribution in [2.75, 3.05) is 15.6 Å². The molecule has 2 amide bonds. The molecule has 0 saturated carbocycles. The van der Waals surface area contributed by atoms with E-state index in [0.29, 0.717) is 16.9 Å². The van der Waals surface area contributed by atoms with Crippen LogP contribution >= 0.6 is 0 Å². The first-order chi connectivity index (χ1) is 15.7. The van der Waals surface area contributed by atoms with E-state index < -0.39 is 32.3 Å². The van der Waals surface area contributed by atoms with E-state index in [0.717, 1.165) is 22.3 Å². The molecule has 0 radical (unpaired) electrons. The number of sulfone groups is 1. The first kappa shape index (κ1) is 21.4. The third-order valence-electron chi connectivity index (χ3n) is 6.63. The van der Waals surface area contributed by atoms with Gasteiger partial charge in [0, 0.05) is 11.3 Å². The van der Waals surface area contributed by atoms with E-state index in [1.165, 1.54) is 9.80 Å². The molecule has 3 aromatic rings. The molecule has 3 aromatic carbocycles. The molecule has 1 spiro atoms. The highest BCUT2D eigenvalue weighted by molar-refractivity contribution is 7.94. The lowest BCUT2D eigenvalue weighted by Crippen LogP contribution is -2.54. The van der Waals surface area contributed by atoms with E-state index in [4.69, 9.17) is 0 Å². The summed E-state index contributed by atoms with van der Waals surface area (Å²) in [5.74, 6) is -1.93. The van der Waals surface area contributed by atoms with Crippen molar-refractivity contribution >= 4 is 33.0 Å². The zero-order chi connectivity index (χ0) is 23.5. The predicted molar refractivity (Wildman–Crippen MR) is 128 cm³/mol. The minimum absolute atomic E-state index is 0.211.